The van der Waals surface area contributed by atoms with Gasteiger partial charge in [0.15, 0.2) is 0 Å². The predicted octanol–water partition coefficient (Wildman–Crippen LogP) is 2.93. The van der Waals surface area contributed by atoms with Crippen LogP contribution in [0.1, 0.15) is 33.3 Å². The molecule has 34 heavy (non-hydrogen) atoms. The molecule has 2 aromatic rings. The highest BCUT2D eigenvalue weighted by Gasteiger charge is 2.30. The van der Waals surface area contributed by atoms with E-state index in [0.717, 1.165) is 10.6 Å². The fourth-order valence-corrected chi connectivity index (χ4v) is 4.14. The van der Waals surface area contributed by atoms with Crippen LogP contribution < -0.4 is 14.4 Å². The van der Waals surface area contributed by atoms with Gasteiger partial charge in [0.25, 0.3) is 0 Å². The number of carbonyl (C=O) groups excluding carboxylic acids is 2. The summed E-state index contributed by atoms with van der Waals surface area (Å²) < 4.78 is 45.8. The van der Waals surface area contributed by atoms with Crippen LogP contribution in [0.3, 0.4) is 0 Å². The van der Waals surface area contributed by atoms with Crippen molar-refractivity contribution in [1.82, 2.24) is 10.2 Å². The molecule has 0 aromatic heterocycles. The smallest absolute Gasteiger partial charge is 0.244 e. The number of nitrogens with one attached hydrogen (secondary N) is 1. The van der Waals surface area contributed by atoms with E-state index in [1.165, 1.54) is 42.2 Å². The SMILES string of the molecule is CCOc1ccc(N(CC(=O)N(Cc2ccccc2F)[C@@H](C)C(=O)NC(C)C)S(C)(=O)=O)cc1. The Bertz CT molecular complexity index is 1090. The Morgan fingerprint density at radius 1 is 1.06 bits per heavy atom. The van der Waals surface area contributed by atoms with Gasteiger partial charge in [-0.1, -0.05) is 18.2 Å². The summed E-state index contributed by atoms with van der Waals surface area (Å²) in [7, 11) is -3.85. The van der Waals surface area contributed by atoms with Crippen molar-refractivity contribution in [2.45, 2.75) is 46.3 Å². The van der Waals surface area contributed by atoms with Crippen molar-refractivity contribution in [2.24, 2.45) is 0 Å². The molecular weight excluding hydrogens is 461 g/mol. The number of ether oxygens (including phenoxy) is 1. The maximum absolute atomic E-state index is 14.3. The third-order valence-electron chi connectivity index (χ3n) is 5.01. The quantitative estimate of drug-likeness (QED) is 0.519. The van der Waals surface area contributed by atoms with Gasteiger partial charge in [-0.2, -0.15) is 0 Å². The second kappa shape index (κ2) is 11.8. The van der Waals surface area contributed by atoms with Gasteiger partial charge in [-0.15, -0.1) is 0 Å². The van der Waals surface area contributed by atoms with Gasteiger partial charge in [-0.25, -0.2) is 12.8 Å². The van der Waals surface area contributed by atoms with Gasteiger partial charge < -0.3 is 15.0 Å². The van der Waals surface area contributed by atoms with Crippen LogP contribution in [0, 0.1) is 5.82 Å². The lowest BCUT2D eigenvalue weighted by Gasteiger charge is -2.32. The summed E-state index contributed by atoms with van der Waals surface area (Å²) in [6.45, 7) is 6.62. The van der Waals surface area contributed by atoms with Gasteiger partial charge in [0.2, 0.25) is 21.8 Å². The number of anilines is 1. The maximum Gasteiger partial charge on any atom is 0.244 e. The highest BCUT2D eigenvalue weighted by molar-refractivity contribution is 7.92. The minimum Gasteiger partial charge on any atom is -0.494 e. The van der Waals surface area contributed by atoms with Gasteiger partial charge in [0.1, 0.15) is 24.2 Å². The highest BCUT2D eigenvalue weighted by Crippen LogP contribution is 2.23. The normalized spacial score (nSPS) is 12.2. The minimum atomic E-state index is -3.85. The van der Waals surface area contributed by atoms with E-state index in [1.54, 1.807) is 32.0 Å². The van der Waals surface area contributed by atoms with Gasteiger partial charge >= 0.3 is 0 Å². The van der Waals surface area contributed by atoms with Crippen LogP contribution in [0.4, 0.5) is 10.1 Å². The van der Waals surface area contributed by atoms with E-state index in [2.05, 4.69) is 5.32 Å². The Labute approximate surface area is 200 Å². The van der Waals surface area contributed by atoms with E-state index in [-0.39, 0.29) is 23.8 Å². The number of halogens is 1. The Morgan fingerprint density at radius 2 is 1.68 bits per heavy atom. The number of hydrogen-bond donors (Lipinski definition) is 1. The molecule has 0 heterocycles. The first-order valence-corrected chi connectivity index (χ1v) is 12.8. The summed E-state index contributed by atoms with van der Waals surface area (Å²) in [4.78, 5) is 27.2. The molecule has 0 spiro atoms. The van der Waals surface area contributed by atoms with Gasteiger partial charge in [0, 0.05) is 18.2 Å². The van der Waals surface area contributed by atoms with Crippen molar-refractivity contribution in [3.05, 3.63) is 59.9 Å². The Hall–Kier alpha value is -3.14. The third kappa shape index (κ3) is 7.44. The van der Waals surface area contributed by atoms with E-state index in [4.69, 9.17) is 4.74 Å². The Morgan fingerprint density at radius 3 is 2.21 bits per heavy atom. The number of rotatable bonds is 11. The van der Waals surface area contributed by atoms with Crippen molar-refractivity contribution in [3.8, 4) is 5.75 Å². The molecule has 2 amide bonds. The fourth-order valence-electron chi connectivity index (χ4n) is 3.29. The lowest BCUT2D eigenvalue weighted by Crippen LogP contribution is -2.52. The minimum absolute atomic E-state index is 0.170. The molecule has 186 valence electrons. The number of carbonyl (C=O) groups is 2. The zero-order valence-electron chi connectivity index (χ0n) is 20.1. The second-order valence-electron chi connectivity index (χ2n) is 8.15. The Balaban J connectivity index is 2.38. The third-order valence-corrected chi connectivity index (χ3v) is 6.15. The summed E-state index contributed by atoms with van der Waals surface area (Å²) >= 11 is 0. The highest BCUT2D eigenvalue weighted by atomic mass is 32.2. The monoisotopic (exact) mass is 493 g/mol. The number of benzene rings is 2. The maximum atomic E-state index is 14.3. The van der Waals surface area contributed by atoms with Crippen LogP contribution in [-0.2, 0) is 26.2 Å². The largest absolute Gasteiger partial charge is 0.494 e. The van der Waals surface area contributed by atoms with Gasteiger partial charge in [0.05, 0.1) is 18.6 Å². The zero-order chi connectivity index (χ0) is 25.5. The number of hydrogen-bond acceptors (Lipinski definition) is 5. The molecule has 8 nitrogen and oxygen atoms in total. The number of amides is 2. The molecular formula is C24H32FN3O5S. The van der Waals surface area contributed by atoms with Gasteiger partial charge in [-0.3, -0.25) is 13.9 Å². The summed E-state index contributed by atoms with van der Waals surface area (Å²) in [5.41, 5.74) is 0.483. The topological polar surface area (TPSA) is 96.0 Å². The molecule has 10 heteroatoms. The molecule has 0 saturated carbocycles. The first kappa shape index (κ1) is 27.1. The van der Waals surface area contributed by atoms with Crippen molar-refractivity contribution in [2.75, 3.05) is 23.7 Å². The average Bonchev–Trinajstić information content (AvgIpc) is 2.76. The second-order valence-corrected chi connectivity index (χ2v) is 10.1. The first-order chi connectivity index (χ1) is 15.9. The molecule has 2 rings (SSSR count). The average molecular weight is 494 g/mol. The van der Waals surface area contributed by atoms with Gasteiger partial charge in [-0.05, 0) is 58.0 Å². The van der Waals surface area contributed by atoms with Crippen LogP contribution in [0.2, 0.25) is 0 Å². The molecule has 0 radical (unpaired) electrons. The molecule has 0 fully saturated rings. The van der Waals surface area contributed by atoms with Crippen LogP contribution >= 0.6 is 0 Å². The molecule has 0 bridgehead atoms. The molecule has 2 aromatic carbocycles. The standard InChI is InChI=1S/C24H32FN3O5S/c1-6-33-21-13-11-20(12-14-21)28(34(5,31)32)16-23(29)27(18(4)24(30)26-17(2)3)15-19-9-7-8-10-22(19)25/h7-14,17-18H,6,15-16H2,1-5H3,(H,26,30)/t18-/m0/s1. The van der Waals surface area contributed by atoms with Crippen molar-refractivity contribution >= 4 is 27.5 Å². The van der Waals surface area contributed by atoms with E-state index in [1.807, 2.05) is 6.92 Å². The summed E-state index contributed by atoms with van der Waals surface area (Å²) in [6.07, 6.45) is 0.993. The summed E-state index contributed by atoms with van der Waals surface area (Å²) in [5, 5.41) is 2.74. The zero-order valence-corrected chi connectivity index (χ0v) is 20.9. The van der Waals surface area contributed by atoms with E-state index >= 15 is 0 Å². The fraction of sp³-hybridized carbons (Fsp3) is 0.417. The summed E-state index contributed by atoms with van der Waals surface area (Å²) in [5.74, 6) is -1.03. The number of sulfonamides is 1. The lowest BCUT2D eigenvalue weighted by molar-refractivity contribution is -0.139. The first-order valence-electron chi connectivity index (χ1n) is 11.0. The Kier molecular flexibility index (Phi) is 9.43. The summed E-state index contributed by atoms with van der Waals surface area (Å²) in [6, 6.07) is 11.1. The molecule has 0 aliphatic rings. The molecule has 0 aliphatic heterocycles. The van der Waals surface area contributed by atoms with Crippen LogP contribution in [-0.4, -0.2) is 56.6 Å². The van der Waals surface area contributed by atoms with Crippen LogP contribution in [0.5, 0.6) is 5.75 Å². The molecule has 0 aliphatic carbocycles. The van der Waals surface area contributed by atoms with Crippen molar-refractivity contribution < 1.29 is 27.1 Å². The molecule has 0 unspecified atom stereocenters. The van der Waals surface area contributed by atoms with Crippen LogP contribution in [0.25, 0.3) is 0 Å². The lowest BCUT2D eigenvalue weighted by atomic mass is 10.1. The van der Waals surface area contributed by atoms with E-state index in [9.17, 15) is 22.4 Å². The number of nitrogens with zero attached hydrogens (tertiary/aromatic N) is 2. The molecule has 1 atom stereocenters. The predicted molar refractivity (Wildman–Crippen MR) is 129 cm³/mol. The molecule has 0 saturated heterocycles. The van der Waals surface area contributed by atoms with Crippen LogP contribution in [0.15, 0.2) is 48.5 Å². The van der Waals surface area contributed by atoms with E-state index < -0.39 is 40.2 Å². The van der Waals surface area contributed by atoms with Crippen molar-refractivity contribution in [3.63, 3.8) is 0 Å². The molecule has 1 N–H and O–H groups in total. The van der Waals surface area contributed by atoms with Crippen molar-refractivity contribution in [1.29, 1.82) is 0 Å². The van der Waals surface area contributed by atoms with E-state index in [0.29, 0.717) is 12.4 Å².